The van der Waals surface area contributed by atoms with Crippen molar-refractivity contribution in [2.75, 3.05) is 6.61 Å². The summed E-state index contributed by atoms with van der Waals surface area (Å²) in [4.78, 5) is 8.87. The molecule has 112 valence electrons. The van der Waals surface area contributed by atoms with Gasteiger partial charge in [0.15, 0.2) is 0 Å². The molecule has 0 saturated heterocycles. The molecule has 1 aromatic heterocycles. The zero-order chi connectivity index (χ0) is 15.5. The van der Waals surface area contributed by atoms with Crippen LogP contribution >= 0.6 is 15.9 Å². The number of halogens is 1. The zero-order valence-corrected chi connectivity index (χ0v) is 14.3. The number of hydrogen-bond acceptors (Lipinski definition) is 4. The summed E-state index contributed by atoms with van der Waals surface area (Å²) in [5.74, 6) is 2.70. The second kappa shape index (κ2) is 6.43. The summed E-state index contributed by atoms with van der Waals surface area (Å²) in [6.07, 6.45) is 0. The number of ether oxygens (including phenoxy) is 2. The lowest BCUT2D eigenvalue weighted by Crippen LogP contribution is -2.16. The van der Waals surface area contributed by atoms with E-state index in [0.717, 1.165) is 11.6 Å². The first-order chi connectivity index (χ1) is 9.88. The average molecular weight is 351 g/mol. The topological polar surface area (TPSA) is 44.2 Å². The van der Waals surface area contributed by atoms with Gasteiger partial charge in [-0.05, 0) is 35.0 Å². The van der Waals surface area contributed by atoms with E-state index in [1.165, 1.54) is 0 Å². The summed E-state index contributed by atoms with van der Waals surface area (Å²) in [5, 5.41) is 0. The molecular formula is C16H19BrN2O2. The van der Waals surface area contributed by atoms with Crippen molar-refractivity contribution < 1.29 is 9.47 Å². The number of hydrogen-bond donors (Lipinski definition) is 0. The van der Waals surface area contributed by atoms with Crippen LogP contribution < -0.4 is 9.47 Å². The van der Waals surface area contributed by atoms with E-state index < -0.39 is 0 Å². The number of aromatic nitrogens is 2. The first kappa shape index (κ1) is 15.8. The van der Waals surface area contributed by atoms with Gasteiger partial charge in [-0.3, -0.25) is 0 Å². The van der Waals surface area contributed by atoms with Crippen molar-refractivity contribution in [2.24, 2.45) is 0 Å². The third-order valence-corrected chi connectivity index (χ3v) is 3.09. The maximum absolute atomic E-state index is 5.82. The van der Waals surface area contributed by atoms with Gasteiger partial charge in [0, 0.05) is 17.5 Å². The highest BCUT2D eigenvalue weighted by Gasteiger charge is 2.19. The molecule has 0 atom stereocenters. The Kier molecular flexibility index (Phi) is 4.83. The molecule has 0 aliphatic heterocycles. The number of rotatable bonds is 4. The van der Waals surface area contributed by atoms with Crippen molar-refractivity contribution in [3.05, 3.63) is 40.8 Å². The second-order valence-electron chi connectivity index (χ2n) is 5.61. The smallest absolute Gasteiger partial charge is 0.223 e. The van der Waals surface area contributed by atoms with Gasteiger partial charge in [-0.15, -0.1) is 0 Å². The molecule has 2 aromatic rings. The van der Waals surface area contributed by atoms with Gasteiger partial charge < -0.3 is 9.47 Å². The SMILES string of the molecule is CCOc1cccc(Oc2cc(Br)nc(C(C)(C)C)n2)c1. The van der Waals surface area contributed by atoms with Gasteiger partial charge in [-0.25, -0.2) is 4.98 Å². The van der Waals surface area contributed by atoms with E-state index >= 15 is 0 Å². The normalized spacial score (nSPS) is 11.3. The summed E-state index contributed by atoms with van der Waals surface area (Å²) in [6.45, 7) is 8.76. The number of benzene rings is 1. The Morgan fingerprint density at radius 2 is 1.81 bits per heavy atom. The lowest BCUT2D eigenvalue weighted by molar-refractivity contribution is 0.337. The van der Waals surface area contributed by atoms with Crippen molar-refractivity contribution >= 4 is 15.9 Å². The summed E-state index contributed by atoms with van der Waals surface area (Å²) < 4.78 is 12.0. The Hall–Kier alpha value is -1.62. The van der Waals surface area contributed by atoms with Crippen LogP contribution in [0.25, 0.3) is 0 Å². The lowest BCUT2D eigenvalue weighted by atomic mass is 9.96. The minimum absolute atomic E-state index is 0.144. The van der Waals surface area contributed by atoms with E-state index in [0.29, 0.717) is 22.8 Å². The van der Waals surface area contributed by atoms with E-state index in [9.17, 15) is 0 Å². The van der Waals surface area contributed by atoms with Gasteiger partial charge >= 0.3 is 0 Å². The van der Waals surface area contributed by atoms with Gasteiger partial charge in [-0.1, -0.05) is 26.8 Å². The maximum Gasteiger partial charge on any atom is 0.223 e. The van der Waals surface area contributed by atoms with Crippen LogP contribution in [0.1, 0.15) is 33.5 Å². The molecule has 0 aliphatic rings. The largest absolute Gasteiger partial charge is 0.494 e. The lowest BCUT2D eigenvalue weighted by Gasteiger charge is -2.17. The molecule has 0 N–H and O–H groups in total. The summed E-state index contributed by atoms with van der Waals surface area (Å²) >= 11 is 3.40. The Morgan fingerprint density at radius 1 is 1.10 bits per heavy atom. The van der Waals surface area contributed by atoms with Crippen molar-refractivity contribution in [3.8, 4) is 17.4 Å². The highest BCUT2D eigenvalue weighted by atomic mass is 79.9. The van der Waals surface area contributed by atoms with E-state index in [1.54, 1.807) is 6.07 Å². The monoisotopic (exact) mass is 350 g/mol. The standard InChI is InChI=1S/C16H19BrN2O2/c1-5-20-11-7-6-8-12(9-11)21-14-10-13(17)18-15(19-14)16(2,3)4/h6-10H,5H2,1-4H3. The third kappa shape index (κ3) is 4.43. The van der Waals surface area contributed by atoms with Crippen LogP contribution in [-0.4, -0.2) is 16.6 Å². The zero-order valence-electron chi connectivity index (χ0n) is 12.7. The minimum Gasteiger partial charge on any atom is -0.494 e. The fraction of sp³-hybridized carbons (Fsp3) is 0.375. The Morgan fingerprint density at radius 3 is 2.48 bits per heavy atom. The molecule has 0 bridgehead atoms. The van der Waals surface area contributed by atoms with Crippen LogP contribution in [0.4, 0.5) is 0 Å². The highest BCUT2D eigenvalue weighted by Crippen LogP contribution is 2.28. The fourth-order valence-corrected chi connectivity index (χ4v) is 2.06. The third-order valence-electron chi connectivity index (χ3n) is 2.68. The molecule has 0 radical (unpaired) electrons. The molecule has 0 unspecified atom stereocenters. The second-order valence-corrected chi connectivity index (χ2v) is 6.42. The van der Waals surface area contributed by atoms with Crippen LogP contribution in [0.2, 0.25) is 0 Å². The van der Waals surface area contributed by atoms with E-state index in [4.69, 9.17) is 9.47 Å². The molecule has 4 nitrogen and oxygen atoms in total. The van der Waals surface area contributed by atoms with Crippen molar-refractivity contribution in [3.63, 3.8) is 0 Å². The summed E-state index contributed by atoms with van der Waals surface area (Å²) in [5.41, 5.74) is -0.144. The summed E-state index contributed by atoms with van der Waals surface area (Å²) in [7, 11) is 0. The van der Waals surface area contributed by atoms with Gasteiger partial charge in [0.25, 0.3) is 0 Å². The first-order valence-corrected chi connectivity index (χ1v) is 7.63. The van der Waals surface area contributed by atoms with E-state index in [2.05, 4.69) is 46.7 Å². The molecule has 0 aliphatic carbocycles. The summed E-state index contributed by atoms with van der Waals surface area (Å²) in [6, 6.07) is 9.25. The fourth-order valence-electron chi connectivity index (χ4n) is 1.70. The van der Waals surface area contributed by atoms with Crippen LogP contribution in [-0.2, 0) is 5.41 Å². The van der Waals surface area contributed by atoms with Crippen LogP contribution in [0.5, 0.6) is 17.4 Å². The number of nitrogens with zero attached hydrogens (tertiary/aromatic N) is 2. The van der Waals surface area contributed by atoms with Gasteiger partial charge in [-0.2, -0.15) is 4.98 Å². The van der Waals surface area contributed by atoms with Gasteiger partial charge in [0.05, 0.1) is 6.61 Å². The predicted molar refractivity (Wildman–Crippen MR) is 86.1 cm³/mol. The average Bonchev–Trinajstić information content (AvgIpc) is 2.38. The molecular weight excluding hydrogens is 332 g/mol. The van der Waals surface area contributed by atoms with Crippen molar-refractivity contribution in [1.29, 1.82) is 0 Å². The molecule has 1 heterocycles. The maximum atomic E-state index is 5.82. The Bertz CT molecular complexity index is 624. The van der Waals surface area contributed by atoms with Gasteiger partial charge in [0.2, 0.25) is 5.88 Å². The molecule has 0 fully saturated rings. The van der Waals surface area contributed by atoms with Crippen LogP contribution in [0, 0.1) is 0 Å². The minimum atomic E-state index is -0.144. The van der Waals surface area contributed by atoms with Crippen molar-refractivity contribution in [1.82, 2.24) is 9.97 Å². The Labute approximate surface area is 133 Å². The molecule has 0 spiro atoms. The van der Waals surface area contributed by atoms with Crippen LogP contribution in [0.15, 0.2) is 34.9 Å². The molecule has 21 heavy (non-hydrogen) atoms. The van der Waals surface area contributed by atoms with Gasteiger partial charge in [0.1, 0.15) is 21.9 Å². The quantitative estimate of drug-likeness (QED) is 0.747. The molecule has 0 amide bonds. The molecule has 0 saturated carbocycles. The van der Waals surface area contributed by atoms with Crippen molar-refractivity contribution in [2.45, 2.75) is 33.1 Å². The van der Waals surface area contributed by atoms with E-state index in [1.807, 2.05) is 31.2 Å². The first-order valence-electron chi connectivity index (χ1n) is 6.84. The Balaban J connectivity index is 2.27. The highest BCUT2D eigenvalue weighted by molar-refractivity contribution is 9.10. The molecule has 1 aromatic carbocycles. The van der Waals surface area contributed by atoms with Crippen LogP contribution in [0.3, 0.4) is 0 Å². The predicted octanol–water partition coefficient (Wildman–Crippen LogP) is 4.73. The molecule has 2 rings (SSSR count). The van der Waals surface area contributed by atoms with E-state index in [-0.39, 0.29) is 5.41 Å². The molecule has 5 heteroatoms.